The van der Waals surface area contributed by atoms with Crippen LogP contribution >= 0.6 is 23.2 Å². The zero-order valence-electron chi connectivity index (χ0n) is 17.0. The maximum absolute atomic E-state index is 9.54. The molecular weight excluding hydrogens is 437 g/mol. The van der Waals surface area contributed by atoms with Crippen LogP contribution in [-0.4, -0.2) is 17.5 Å². The topological polar surface area (TPSA) is 92.1 Å². The average molecular weight is 456 g/mol. The van der Waals surface area contributed by atoms with Gasteiger partial charge in [0.25, 0.3) is 0 Å². The number of hydrogen-bond donors (Lipinski definition) is 0. The van der Waals surface area contributed by atoms with Gasteiger partial charge in [-0.05, 0) is 35.4 Å². The largest absolute Gasteiger partial charge is 0.489 e. The van der Waals surface area contributed by atoms with Gasteiger partial charge in [0.1, 0.15) is 25.0 Å². The Kier molecular flexibility index (Phi) is 7.07. The molecule has 0 atom stereocenters. The molecule has 1 aromatic heterocycles. The highest BCUT2D eigenvalue weighted by molar-refractivity contribution is 6.32. The van der Waals surface area contributed by atoms with Crippen LogP contribution in [0.5, 0.6) is 11.5 Å². The van der Waals surface area contributed by atoms with Crippen molar-refractivity contribution in [3.63, 3.8) is 0 Å². The molecule has 0 saturated carbocycles. The molecule has 0 radical (unpaired) electrons. The number of benzene rings is 2. The van der Waals surface area contributed by atoms with Crippen molar-refractivity contribution in [2.24, 2.45) is 0 Å². The minimum absolute atomic E-state index is 0.00479. The first-order valence-electron chi connectivity index (χ1n) is 9.40. The third kappa shape index (κ3) is 5.11. The number of aromatic nitrogens is 1. The van der Waals surface area contributed by atoms with Crippen molar-refractivity contribution < 1.29 is 13.9 Å². The SMILES string of the molecule is CC(C)(c1ccc(OCc2cnc(C#N)o2)cc1)c1cc(Cl)c(OCCCl)c(C#N)c1. The summed E-state index contributed by atoms with van der Waals surface area (Å²) in [6.45, 7) is 4.54. The molecule has 1 heterocycles. The zero-order chi connectivity index (χ0) is 22.4. The summed E-state index contributed by atoms with van der Waals surface area (Å²) in [4.78, 5) is 3.81. The first-order valence-corrected chi connectivity index (χ1v) is 10.3. The van der Waals surface area contributed by atoms with Crippen LogP contribution in [0.4, 0.5) is 0 Å². The summed E-state index contributed by atoms with van der Waals surface area (Å²) in [5.74, 6) is 1.77. The Labute approximate surface area is 190 Å². The lowest BCUT2D eigenvalue weighted by atomic mass is 9.77. The first kappa shape index (κ1) is 22.5. The Hall–Kier alpha value is -3.19. The van der Waals surface area contributed by atoms with Crippen molar-refractivity contribution in [2.75, 3.05) is 12.5 Å². The van der Waals surface area contributed by atoms with Crippen LogP contribution < -0.4 is 9.47 Å². The summed E-state index contributed by atoms with van der Waals surface area (Å²) in [7, 11) is 0. The Balaban J connectivity index is 1.79. The van der Waals surface area contributed by atoms with Crippen LogP contribution in [0.1, 0.15) is 42.2 Å². The van der Waals surface area contributed by atoms with E-state index in [4.69, 9.17) is 42.4 Å². The third-order valence-corrected chi connectivity index (χ3v) is 5.25. The molecule has 0 aliphatic carbocycles. The van der Waals surface area contributed by atoms with Gasteiger partial charge in [-0.25, -0.2) is 4.98 Å². The lowest BCUT2D eigenvalue weighted by molar-refractivity contribution is 0.269. The van der Waals surface area contributed by atoms with Crippen molar-refractivity contribution in [1.82, 2.24) is 4.98 Å². The van der Waals surface area contributed by atoms with Crippen LogP contribution in [0.25, 0.3) is 0 Å². The molecule has 0 fully saturated rings. The molecule has 31 heavy (non-hydrogen) atoms. The molecule has 0 unspecified atom stereocenters. The predicted octanol–water partition coefficient (Wildman–Crippen LogP) is 5.59. The molecular formula is C23H19Cl2N3O3. The predicted molar refractivity (Wildman–Crippen MR) is 117 cm³/mol. The van der Waals surface area contributed by atoms with Gasteiger partial charge in [-0.1, -0.05) is 37.6 Å². The first-order chi connectivity index (χ1) is 14.9. The summed E-state index contributed by atoms with van der Waals surface area (Å²) in [6.07, 6.45) is 1.47. The molecule has 0 spiro atoms. The number of hydrogen-bond acceptors (Lipinski definition) is 6. The van der Waals surface area contributed by atoms with E-state index in [1.54, 1.807) is 6.07 Å². The standard InChI is InChI=1S/C23H19Cl2N3O3/c1-23(2,17-9-15(11-26)22(20(25)10-17)29-8-7-24)16-3-5-18(6-4-16)30-14-19-13-28-21(12-27)31-19/h3-6,9-10,13H,7-8,14H2,1-2H3. The normalized spacial score (nSPS) is 10.9. The summed E-state index contributed by atoms with van der Waals surface area (Å²) in [5, 5.41) is 18.7. The van der Waals surface area contributed by atoms with Crippen molar-refractivity contribution in [3.05, 3.63) is 76.0 Å². The molecule has 3 aromatic rings. The van der Waals surface area contributed by atoms with Crippen molar-refractivity contribution in [3.8, 4) is 23.6 Å². The molecule has 3 rings (SSSR count). The molecule has 0 N–H and O–H groups in total. The molecule has 0 aliphatic heterocycles. The Morgan fingerprint density at radius 3 is 2.42 bits per heavy atom. The maximum Gasteiger partial charge on any atom is 0.300 e. The van der Waals surface area contributed by atoms with E-state index in [9.17, 15) is 5.26 Å². The summed E-state index contributed by atoms with van der Waals surface area (Å²) >= 11 is 12.1. The highest BCUT2D eigenvalue weighted by atomic mass is 35.5. The summed E-state index contributed by atoms with van der Waals surface area (Å²) in [6, 6.07) is 15.2. The average Bonchev–Trinajstić information content (AvgIpc) is 3.24. The number of nitrogens with zero attached hydrogens (tertiary/aromatic N) is 3. The Morgan fingerprint density at radius 2 is 1.81 bits per heavy atom. The van der Waals surface area contributed by atoms with Crippen LogP contribution in [-0.2, 0) is 12.0 Å². The minimum atomic E-state index is -0.425. The molecule has 0 amide bonds. The van der Waals surface area contributed by atoms with Crippen LogP contribution in [0, 0.1) is 22.7 Å². The van der Waals surface area contributed by atoms with Crippen molar-refractivity contribution >= 4 is 23.2 Å². The quantitative estimate of drug-likeness (QED) is 0.410. The van der Waals surface area contributed by atoms with Gasteiger partial charge < -0.3 is 13.9 Å². The summed E-state index contributed by atoms with van der Waals surface area (Å²) < 4.78 is 16.4. The van der Waals surface area contributed by atoms with E-state index in [0.717, 1.165) is 11.1 Å². The van der Waals surface area contributed by atoms with Gasteiger partial charge >= 0.3 is 5.89 Å². The monoisotopic (exact) mass is 455 g/mol. The van der Waals surface area contributed by atoms with E-state index in [-0.39, 0.29) is 19.1 Å². The van der Waals surface area contributed by atoms with E-state index in [1.165, 1.54) is 6.20 Å². The molecule has 158 valence electrons. The number of ether oxygens (including phenoxy) is 2. The minimum Gasteiger partial charge on any atom is -0.489 e. The van der Waals surface area contributed by atoms with Gasteiger partial charge in [-0.2, -0.15) is 10.5 Å². The number of nitriles is 2. The van der Waals surface area contributed by atoms with Crippen LogP contribution in [0.3, 0.4) is 0 Å². The van der Waals surface area contributed by atoms with Crippen LogP contribution in [0.15, 0.2) is 47.0 Å². The van der Waals surface area contributed by atoms with E-state index in [1.807, 2.05) is 50.2 Å². The van der Waals surface area contributed by atoms with E-state index in [2.05, 4.69) is 11.1 Å². The number of halogens is 2. The smallest absolute Gasteiger partial charge is 0.300 e. The highest BCUT2D eigenvalue weighted by Gasteiger charge is 2.26. The fraction of sp³-hybridized carbons (Fsp3) is 0.261. The fourth-order valence-electron chi connectivity index (χ4n) is 3.04. The van der Waals surface area contributed by atoms with Gasteiger partial charge in [0, 0.05) is 5.41 Å². The second-order valence-corrected chi connectivity index (χ2v) is 7.95. The van der Waals surface area contributed by atoms with Crippen LogP contribution in [0.2, 0.25) is 5.02 Å². The van der Waals surface area contributed by atoms with Gasteiger partial charge in [0.05, 0.1) is 22.7 Å². The molecule has 8 heteroatoms. The van der Waals surface area contributed by atoms with E-state index >= 15 is 0 Å². The van der Waals surface area contributed by atoms with Gasteiger partial charge in [0.15, 0.2) is 17.6 Å². The third-order valence-electron chi connectivity index (χ3n) is 4.82. The van der Waals surface area contributed by atoms with Gasteiger partial charge in [-0.15, -0.1) is 11.6 Å². The van der Waals surface area contributed by atoms with E-state index in [0.29, 0.717) is 33.7 Å². The number of rotatable bonds is 8. The highest BCUT2D eigenvalue weighted by Crippen LogP contribution is 2.38. The molecule has 0 bridgehead atoms. The Bertz CT molecular complexity index is 1140. The lowest BCUT2D eigenvalue weighted by Crippen LogP contribution is -2.19. The second-order valence-electron chi connectivity index (χ2n) is 7.17. The number of oxazole rings is 1. The second kappa shape index (κ2) is 9.75. The van der Waals surface area contributed by atoms with Crippen molar-refractivity contribution in [1.29, 1.82) is 10.5 Å². The van der Waals surface area contributed by atoms with E-state index < -0.39 is 5.41 Å². The zero-order valence-corrected chi connectivity index (χ0v) is 18.5. The Morgan fingerprint density at radius 1 is 1.06 bits per heavy atom. The molecule has 0 saturated heterocycles. The van der Waals surface area contributed by atoms with Gasteiger partial charge in [0.2, 0.25) is 0 Å². The molecule has 0 aliphatic rings. The maximum atomic E-state index is 9.54. The number of alkyl halides is 1. The summed E-state index contributed by atoms with van der Waals surface area (Å²) in [5.41, 5.74) is 1.84. The van der Waals surface area contributed by atoms with Gasteiger partial charge in [-0.3, -0.25) is 0 Å². The molecule has 2 aromatic carbocycles. The molecule has 6 nitrogen and oxygen atoms in total. The fourth-order valence-corrected chi connectivity index (χ4v) is 3.39. The lowest BCUT2D eigenvalue weighted by Gasteiger charge is -2.27. The van der Waals surface area contributed by atoms with Crippen molar-refractivity contribution in [2.45, 2.75) is 25.9 Å².